The third-order valence-corrected chi connectivity index (χ3v) is 4.92. The highest BCUT2D eigenvalue weighted by molar-refractivity contribution is 6.42. The van der Waals surface area contributed by atoms with Crippen LogP contribution in [0.2, 0.25) is 10.0 Å². The molecule has 2 atom stereocenters. The summed E-state index contributed by atoms with van der Waals surface area (Å²) in [6.45, 7) is 0. The highest BCUT2D eigenvalue weighted by Crippen LogP contribution is 2.42. The van der Waals surface area contributed by atoms with E-state index < -0.39 is 0 Å². The summed E-state index contributed by atoms with van der Waals surface area (Å²) in [6, 6.07) is 15.1. The van der Waals surface area contributed by atoms with Crippen LogP contribution in [0.3, 0.4) is 0 Å². The third kappa shape index (κ3) is 3.22. The average Bonchev–Trinajstić information content (AvgIpc) is 2.49. The van der Waals surface area contributed by atoms with Crippen LogP contribution in [0.5, 0.6) is 0 Å². The third-order valence-electron chi connectivity index (χ3n) is 4.19. The smallest absolute Gasteiger partial charge is 0.0595 e. The molecule has 112 valence electrons. The molecule has 21 heavy (non-hydrogen) atoms. The summed E-state index contributed by atoms with van der Waals surface area (Å²) in [5, 5.41) is 4.66. The summed E-state index contributed by atoms with van der Waals surface area (Å²) in [6.07, 6.45) is 2.26. The van der Waals surface area contributed by atoms with Crippen molar-refractivity contribution in [2.24, 2.45) is 0 Å². The first-order valence-corrected chi connectivity index (χ1v) is 7.67. The predicted molar refractivity (Wildman–Crippen MR) is 93.0 cm³/mol. The molecule has 2 aromatic rings. The molecule has 1 nitrogen and oxygen atoms in total. The maximum atomic E-state index is 6.17. The standard InChI is InChI=1S/C17H17Cl2N.ClH/c1-20-17-9-7-12(13-4-2-3-5-14(13)17)11-6-8-15(18)16(19)10-11;/h2-6,8,10,12,17,20H,7,9H2,1H3;1H/i2+1,3+1,4+1,5+1,13+1,14+1;. The number of hydrogen-bond donors (Lipinski definition) is 1. The Balaban J connectivity index is 0.00000161. The maximum absolute atomic E-state index is 6.17. The lowest BCUT2D eigenvalue weighted by molar-refractivity contribution is 0.471. The first-order valence-electron chi connectivity index (χ1n) is 6.91. The maximum Gasteiger partial charge on any atom is 0.0595 e. The van der Waals surface area contributed by atoms with Crippen LogP contribution in [0, 0.1) is 0 Å². The molecule has 0 saturated heterocycles. The molecule has 0 aromatic heterocycles. The molecule has 0 bridgehead atoms. The van der Waals surface area contributed by atoms with Crippen LogP contribution in [0.1, 0.15) is 41.5 Å². The Morgan fingerprint density at radius 2 is 1.67 bits per heavy atom. The van der Waals surface area contributed by atoms with Gasteiger partial charge in [0.25, 0.3) is 0 Å². The molecule has 0 spiro atoms. The Kier molecular flexibility index (Phi) is 5.56. The molecule has 2 aromatic carbocycles. The minimum Gasteiger partial charge on any atom is -0.313 e. The number of rotatable bonds is 2. The molecule has 0 amide bonds. The predicted octanol–water partition coefficient (Wildman–Crippen LogP) is 5.60. The molecule has 0 heterocycles. The Bertz CT molecular complexity index is 627. The zero-order valence-electron chi connectivity index (χ0n) is 11.8. The van der Waals surface area contributed by atoms with Gasteiger partial charge >= 0.3 is 0 Å². The van der Waals surface area contributed by atoms with E-state index in [2.05, 4.69) is 35.6 Å². The minimum absolute atomic E-state index is 0. The fraction of sp³-hybridized carbons (Fsp3) is 0.294. The van der Waals surface area contributed by atoms with E-state index in [0.29, 0.717) is 22.0 Å². The summed E-state index contributed by atoms with van der Waals surface area (Å²) < 4.78 is 0. The first-order chi connectivity index (χ1) is 9.70. The molecular formula is C17H18Cl3N. The van der Waals surface area contributed by atoms with Gasteiger partial charge < -0.3 is 5.32 Å². The molecule has 0 fully saturated rings. The van der Waals surface area contributed by atoms with Gasteiger partial charge in [-0.15, -0.1) is 12.4 Å². The number of nitrogens with one attached hydrogen (secondary N) is 1. The van der Waals surface area contributed by atoms with Crippen molar-refractivity contribution in [3.63, 3.8) is 0 Å². The summed E-state index contributed by atoms with van der Waals surface area (Å²) in [4.78, 5) is 0. The van der Waals surface area contributed by atoms with Crippen LogP contribution in [0.4, 0.5) is 0 Å². The second-order valence-electron chi connectivity index (χ2n) is 5.27. The lowest BCUT2D eigenvalue weighted by atomic mass is 9.95. The van der Waals surface area contributed by atoms with Crippen LogP contribution >= 0.6 is 35.6 Å². The summed E-state index contributed by atoms with van der Waals surface area (Å²) in [7, 11) is 2.03. The van der Waals surface area contributed by atoms with Crippen molar-refractivity contribution in [1.29, 1.82) is 0 Å². The van der Waals surface area contributed by atoms with E-state index in [4.69, 9.17) is 23.2 Å². The SMILES string of the molecule is CNC1CCC(c2ccc(Cl)c(Cl)c2)[13c]2[13cH][13cH][13cH][13cH][13c]21.Cl. The lowest BCUT2D eigenvalue weighted by Crippen LogP contribution is -2.24. The quantitative estimate of drug-likeness (QED) is 0.744. The van der Waals surface area contributed by atoms with Crippen molar-refractivity contribution in [2.45, 2.75) is 24.8 Å². The molecule has 2 unspecified atom stereocenters. The molecule has 0 radical (unpaired) electrons. The Hall–Kier alpha value is -0.730. The fourth-order valence-electron chi connectivity index (χ4n) is 3.17. The monoisotopic (exact) mass is 347 g/mol. The zero-order valence-corrected chi connectivity index (χ0v) is 14.1. The number of fused-ring (bicyclic) bond motifs is 1. The van der Waals surface area contributed by atoms with Gasteiger partial charge in [-0.25, -0.2) is 0 Å². The Labute approximate surface area is 142 Å². The molecule has 1 aliphatic carbocycles. The second kappa shape index (κ2) is 7.02. The Morgan fingerprint density at radius 1 is 0.952 bits per heavy atom. The zero-order chi connectivity index (χ0) is 14.1. The van der Waals surface area contributed by atoms with E-state index in [1.165, 1.54) is 16.7 Å². The number of hydrogen-bond acceptors (Lipinski definition) is 1. The van der Waals surface area contributed by atoms with Crippen molar-refractivity contribution < 1.29 is 0 Å². The van der Waals surface area contributed by atoms with E-state index in [9.17, 15) is 0 Å². The van der Waals surface area contributed by atoms with Gasteiger partial charge in [-0.05, 0) is 48.7 Å². The van der Waals surface area contributed by atoms with E-state index in [1.54, 1.807) is 0 Å². The van der Waals surface area contributed by atoms with Crippen molar-refractivity contribution in [1.82, 2.24) is 5.32 Å². The van der Waals surface area contributed by atoms with E-state index in [1.807, 2.05) is 19.2 Å². The topological polar surface area (TPSA) is 12.0 Å². The lowest BCUT2D eigenvalue weighted by Gasteiger charge is -2.32. The molecule has 3 rings (SSSR count). The first kappa shape index (κ1) is 16.6. The van der Waals surface area contributed by atoms with Gasteiger partial charge in [-0.2, -0.15) is 0 Å². The van der Waals surface area contributed by atoms with E-state index in [-0.39, 0.29) is 12.4 Å². The Morgan fingerprint density at radius 3 is 2.33 bits per heavy atom. The van der Waals surface area contributed by atoms with Crippen molar-refractivity contribution >= 4 is 35.6 Å². The van der Waals surface area contributed by atoms with Crippen LogP contribution in [-0.2, 0) is 0 Å². The highest BCUT2D eigenvalue weighted by Gasteiger charge is 2.27. The van der Waals surface area contributed by atoms with Crippen molar-refractivity contribution in [3.8, 4) is 0 Å². The van der Waals surface area contributed by atoms with Gasteiger partial charge in [0.1, 0.15) is 0 Å². The van der Waals surface area contributed by atoms with Gasteiger partial charge in [0.05, 0.1) is 10.0 Å². The molecule has 0 aliphatic heterocycles. The van der Waals surface area contributed by atoms with Gasteiger partial charge in [0, 0.05) is 12.0 Å². The van der Waals surface area contributed by atoms with Crippen molar-refractivity contribution in [2.75, 3.05) is 7.05 Å². The second-order valence-corrected chi connectivity index (χ2v) is 6.09. The summed E-state index contributed by atoms with van der Waals surface area (Å²) >= 11 is 12.2. The van der Waals surface area contributed by atoms with Gasteiger partial charge in [-0.3, -0.25) is 0 Å². The van der Waals surface area contributed by atoms with Crippen molar-refractivity contribution in [3.05, 3.63) is 69.2 Å². The largest absolute Gasteiger partial charge is 0.313 e. The number of benzene rings is 2. The average molecular weight is 349 g/mol. The molecule has 4 heteroatoms. The molecule has 1 N–H and O–H groups in total. The summed E-state index contributed by atoms with van der Waals surface area (Å²) in [5.41, 5.74) is 4.05. The van der Waals surface area contributed by atoms with E-state index in [0.717, 1.165) is 12.8 Å². The van der Waals surface area contributed by atoms with Crippen LogP contribution < -0.4 is 5.32 Å². The molecule has 0 saturated carbocycles. The van der Waals surface area contributed by atoms with Gasteiger partial charge in [-0.1, -0.05) is 53.5 Å². The summed E-state index contributed by atoms with van der Waals surface area (Å²) in [5.74, 6) is 0.408. The molecular weight excluding hydrogens is 331 g/mol. The van der Waals surface area contributed by atoms with Crippen LogP contribution in [0.15, 0.2) is 42.5 Å². The van der Waals surface area contributed by atoms with E-state index >= 15 is 0 Å². The minimum atomic E-state index is 0. The number of halogens is 3. The van der Waals surface area contributed by atoms with Gasteiger partial charge in [0.2, 0.25) is 0 Å². The van der Waals surface area contributed by atoms with Crippen LogP contribution in [-0.4, -0.2) is 7.05 Å². The van der Waals surface area contributed by atoms with Gasteiger partial charge in [0.15, 0.2) is 0 Å². The highest BCUT2D eigenvalue weighted by atomic mass is 35.5. The normalized spacial score (nSPS) is 20.5. The fourth-order valence-corrected chi connectivity index (χ4v) is 3.47. The van der Waals surface area contributed by atoms with Crippen LogP contribution in [0.25, 0.3) is 0 Å². The molecule has 1 aliphatic rings.